The van der Waals surface area contributed by atoms with Crippen LogP contribution in [-0.4, -0.2) is 33.4 Å². The van der Waals surface area contributed by atoms with Gasteiger partial charge in [-0.25, -0.2) is 4.98 Å². The molecule has 0 N–H and O–H groups in total. The minimum absolute atomic E-state index is 0.196. The zero-order chi connectivity index (χ0) is 17.9. The summed E-state index contributed by atoms with van der Waals surface area (Å²) in [6, 6.07) is 8.41. The van der Waals surface area contributed by atoms with Gasteiger partial charge in [-0.1, -0.05) is 50.3 Å². The molecule has 1 unspecified atom stereocenters. The van der Waals surface area contributed by atoms with E-state index in [2.05, 4.69) is 35.4 Å². The van der Waals surface area contributed by atoms with Crippen molar-refractivity contribution >= 4 is 16.9 Å². The molecule has 2 aromatic rings. The van der Waals surface area contributed by atoms with Crippen molar-refractivity contribution in [2.24, 2.45) is 5.92 Å². The smallest absolute Gasteiger partial charge is 0.223 e. The molecule has 2 fully saturated rings. The average Bonchev–Trinajstić information content (AvgIpc) is 3.22. The first kappa shape index (κ1) is 17.3. The Morgan fingerprint density at radius 1 is 1.19 bits per heavy atom. The van der Waals surface area contributed by atoms with Crippen molar-refractivity contribution in [3.05, 3.63) is 42.7 Å². The maximum absolute atomic E-state index is 12.3. The molecule has 1 saturated carbocycles. The Kier molecular flexibility index (Phi) is 5.09. The molecule has 1 aliphatic heterocycles. The lowest BCUT2D eigenvalue weighted by Gasteiger charge is -2.22. The number of fused-ring (bicyclic) bond motifs is 1. The number of hydrogen-bond donors (Lipinski definition) is 0. The molecular weight excluding hydrogens is 322 g/mol. The summed E-state index contributed by atoms with van der Waals surface area (Å²) in [6.45, 7) is 6.19. The Labute approximate surface area is 155 Å². The highest BCUT2D eigenvalue weighted by Crippen LogP contribution is 2.32. The van der Waals surface area contributed by atoms with E-state index in [4.69, 9.17) is 4.98 Å². The zero-order valence-electron chi connectivity index (χ0n) is 15.6. The van der Waals surface area contributed by atoms with Crippen LogP contribution in [0.1, 0.15) is 56.7 Å². The van der Waals surface area contributed by atoms with Crippen LogP contribution in [0.3, 0.4) is 0 Å². The van der Waals surface area contributed by atoms with Crippen LogP contribution in [0.4, 0.5) is 0 Å². The maximum atomic E-state index is 12.3. The molecule has 1 aromatic carbocycles. The third kappa shape index (κ3) is 3.42. The molecule has 138 valence electrons. The summed E-state index contributed by atoms with van der Waals surface area (Å²) in [5, 5.41) is 0. The first-order valence-corrected chi connectivity index (χ1v) is 10.1. The fraction of sp³-hybridized carbons (Fsp3) is 0.545. The number of rotatable bonds is 6. The van der Waals surface area contributed by atoms with Crippen LogP contribution >= 0.6 is 0 Å². The molecule has 0 radical (unpaired) electrons. The van der Waals surface area contributed by atoms with Crippen LogP contribution in [0.5, 0.6) is 0 Å². The van der Waals surface area contributed by atoms with Gasteiger partial charge < -0.3 is 9.47 Å². The Hall–Kier alpha value is -2.10. The number of amides is 1. The van der Waals surface area contributed by atoms with E-state index < -0.39 is 0 Å². The molecule has 0 spiro atoms. The van der Waals surface area contributed by atoms with Crippen LogP contribution in [0, 0.1) is 5.92 Å². The Morgan fingerprint density at radius 3 is 2.81 bits per heavy atom. The number of hydrogen-bond acceptors (Lipinski definition) is 2. The zero-order valence-corrected chi connectivity index (χ0v) is 15.6. The number of aromatic nitrogens is 2. The quantitative estimate of drug-likeness (QED) is 0.718. The summed E-state index contributed by atoms with van der Waals surface area (Å²) in [5.41, 5.74) is 2.27. The molecule has 2 aliphatic rings. The van der Waals surface area contributed by atoms with Gasteiger partial charge in [-0.15, -0.1) is 6.58 Å². The van der Waals surface area contributed by atoms with Crippen molar-refractivity contribution < 1.29 is 4.79 Å². The molecule has 1 atom stereocenters. The predicted molar refractivity (Wildman–Crippen MR) is 105 cm³/mol. The van der Waals surface area contributed by atoms with E-state index in [1.54, 1.807) is 0 Å². The number of imidazole rings is 1. The molecule has 1 aliphatic carbocycles. The summed E-state index contributed by atoms with van der Waals surface area (Å²) in [6.07, 6.45) is 10.5. The number of aryl methyl sites for hydroxylation is 1. The Balaban J connectivity index is 1.59. The minimum Gasteiger partial charge on any atom is -0.338 e. The molecule has 2 heterocycles. The van der Waals surface area contributed by atoms with Crippen LogP contribution in [-0.2, 0) is 11.3 Å². The number of benzene rings is 1. The lowest BCUT2D eigenvalue weighted by molar-refractivity contribution is -0.127. The summed E-state index contributed by atoms with van der Waals surface area (Å²) in [4.78, 5) is 19.2. The molecule has 1 amide bonds. The lowest BCUT2D eigenvalue weighted by Crippen LogP contribution is -2.25. The molecular formula is C22H29N3O. The van der Waals surface area contributed by atoms with Gasteiger partial charge in [-0.05, 0) is 24.5 Å². The highest BCUT2D eigenvalue weighted by Gasteiger charge is 2.33. The monoisotopic (exact) mass is 351 g/mol. The minimum atomic E-state index is 0.196. The van der Waals surface area contributed by atoms with Gasteiger partial charge in [0.25, 0.3) is 0 Å². The van der Waals surface area contributed by atoms with Gasteiger partial charge in [0, 0.05) is 32.0 Å². The summed E-state index contributed by atoms with van der Waals surface area (Å²) >= 11 is 0. The van der Waals surface area contributed by atoms with E-state index in [0.717, 1.165) is 30.3 Å². The molecule has 4 rings (SSSR count). The van der Waals surface area contributed by atoms with Crippen molar-refractivity contribution in [3.63, 3.8) is 0 Å². The van der Waals surface area contributed by atoms with Gasteiger partial charge in [-0.3, -0.25) is 4.79 Å². The van der Waals surface area contributed by atoms with Crippen molar-refractivity contribution in [1.82, 2.24) is 14.5 Å². The second-order valence-corrected chi connectivity index (χ2v) is 7.89. The molecule has 1 saturated heterocycles. The van der Waals surface area contributed by atoms with Crippen LogP contribution in [0.2, 0.25) is 0 Å². The van der Waals surface area contributed by atoms with Gasteiger partial charge in [0.2, 0.25) is 5.91 Å². The standard InChI is InChI=1S/C22H29N3O/c1-2-13-24-16-18(15-21(24)26)22-23-19-10-6-7-11-20(19)25(22)14-12-17-8-4-3-5-9-17/h2,6-7,10-11,17-18H,1,3-5,8-9,12-16H2. The van der Waals surface area contributed by atoms with Gasteiger partial charge in [0.1, 0.15) is 5.82 Å². The van der Waals surface area contributed by atoms with E-state index in [1.165, 1.54) is 44.0 Å². The first-order chi connectivity index (χ1) is 12.8. The molecule has 4 nitrogen and oxygen atoms in total. The van der Waals surface area contributed by atoms with Crippen molar-refractivity contribution in [2.45, 2.75) is 57.4 Å². The van der Waals surface area contributed by atoms with Crippen molar-refractivity contribution in [2.75, 3.05) is 13.1 Å². The normalized spacial score (nSPS) is 21.6. The van der Waals surface area contributed by atoms with Gasteiger partial charge in [-0.2, -0.15) is 0 Å². The number of para-hydroxylation sites is 2. The van der Waals surface area contributed by atoms with Gasteiger partial charge in [0.05, 0.1) is 11.0 Å². The molecule has 0 bridgehead atoms. The van der Waals surface area contributed by atoms with E-state index >= 15 is 0 Å². The predicted octanol–water partition coefficient (Wildman–Crippen LogP) is 4.51. The Morgan fingerprint density at radius 2 is 2.00 bits per heavy atom. The largest absolute Gasteiger partial charge is 0.338 e. The number of nitrogens with zero attached hydrogens (tertiary/aromatic N) is 3. The Bertz CT molecular complexity index is 788. The highest BCUT2D eigenvalue weighted by molar-refractivity contribution is 5.81. The second kappa shape index (κ2) is 7.65. The highest BCUT2D eigenvalue weighted by atomic mass is 16.2. The first-order valence-electron chi connectivity index (χ1n) is 10.1. The lowest BCUT2D eigenvalue weighted by atomic mass is 9.87. The average molecular weight is 351 g/mol. The van der Waals surface area contributed by atoms with E-state index in [1.807, 2.05) is 11.0 Å². The van der Waals surface area contributed by atoms with Gasteiger partial charge >= 0.3 is 0 Å². The summed E-state index contributed by atoms with van der Waals surface area (Å²) in [7, 11) is 0. The SMILES string of the molecule is C=CCN1CC(c2nc3ccccc3n2CCC2CCCCC2)CC1=O. The van der Waals surface area contributed by atoms with Crippen LogP contribution in [0.15, 0.2) is 36.9 Å². The number of carbonyl (C=O) groups is 1. The third-order valence-electron chi connectivity index (χ3n) is 6.10. The topological polar surface area (TPSA) is 38.1 Å². The molecule has 1 aromatic heterocycles. The van der Waals surface area contributed by atoms with Gasteiger partial charge in [0.15, 0.2) is 0 Å². The number of carbonyl (C=O) groups excluding carboxylic acids is 1. The second-order valence-electron chi connectivity index (χ2n) is 7.89. The van der Waals surface area contributed by atoms with E-state index in [0.29, 0.717) is 13.0 Å². The fourth-order valence-electron chi connectivity index (χ4n) is 4.71. The van der Waals surface area contributed by atoms with Crippen LogP contribution in [0.25, 0.3) is 11.0 Å². The maximum Gasteiger partial charge on any atom is 0.223 e. The number of likely N-dealkylation sites (tertiary alicyclic amines) is 1. The molecule has 26 heavy (non-hydrogen) atoms. The fourth-order valence-corrected chi connectivity index (χ4v) is 4.71. The van der Waals surface area contributed by atoms with E-state index in [-0.39, 0.29) is 11.8 Å². The summed E-state index contributed by atoms with van der Waals surface area (Å²) in [5.74, 6) is 2.36. The van der Waals surface area contributed by atoms with E-state index in [9.17, 15) is 4.79 Å². The summed E-state index contributed by atoms with van der Waals surface area (Å²) < 4.78 is 2.40. The van der Waals surface area contributed by atoms with Crippen molar-refractivity contribution in [1.29, 1.82) is 0 Å². The van der Waals surface area contributed by atoms with Crippen molar-refractivity contribution in [3.8, 4) is 0 Å². The molecule has 4 heteroatoms. The third-order valence-corrected chi connectivity index (χ3v) is 6.10. The van der Waals surface area contributed by atoms with Crippen LogP contribution < -0.4 is 0 Å².